The van der Waals surface area contributed by atoms with E-state index in [9.17, 15) is 4.79 Å². The van der Waals surface area contributed by atoms with E-state index in [1.54, 1.807) is 0 Å². The van der Waals surface area contributed by atoms with E-state index in [1.807, 2.05) is 37.3 Å². The van der Waals surface area contributed by atoms with Crippen molar-refractivity contribution in [2.24, 2.45) is 0 Å². The Hall–Kier alpha value is -1.51. The van der Waals surface area contributed by atoms with Crippen molar-refractivity contribution in [3.63, 3.8) is 0 Å². The largest absolute Gasteiger partial charge is 0.481 e. The molecule has 1 aromatic carbocycles. The highest BCUT2D eigenvalue weighted by molar-refractivity contribution is 5.68. The molecule has 70 valence electrons. The molecule has 3 heteroatoms. The second-order valence-corrected chi connectivity index (χ2v) is 3.01. The van der Waals surface area contributed by atoms with E-state index < -0.39 is 5.97 Å². The first-order valence-electron chi connectivity index (χ1n) is 4.22. The van der Waals surface area contributed by atoms with Crippen LogP contribution in [-0.2, 0) is 4.79 Å². The molecule has 2 N–H and O–H groups in total. The van der Waals surface area contributed by atoms with Gasteiger partial charge in [-0.3, -0.25) is 4.79 Å². The van der Waals surface area contributed by atoms with Gasteiger partial charge in [0.1, 0.15) is 0 Å². The second kappa shape index (κ2) is 4.50. The van der Waals surface area contributed by atoms with Crippen LogP contribution in [0.1, 0.15) is 13.3 Å². The molecular weight excluding hydrogens is 166 g/mol. The quantitative estimate of drug-likeness (QED) is 0.742. The zero-order valence-corrected chi connectivity index (χ0v) is 7.53. The number of nitrogens with one attached hydrogen (secondary N) is 1. The van der Waals surface area contributed by atoms with Gasteiger partial charge in [-0.05, 0) is 19.1 Å². The maximum Gasteiger partial charge on any atom is 0.305 e. The van der Waals surface area contributed by atoms with E-state index >= 15 is 0 Å². The van der Waals surface area contributed by atoms with Crippen molar-refractivity contribution >= 4 is 11.7 Å². The van der Waals surface area contributed by atoms with Crippen LogP contribution in [0, 0.1) is 0 Å². The van der Waals surface area contributed by atoms with Gasteiger partial charge in [-0.2, -0.15) is 0 Å². The summed E-state index contributed by atoms with van der Waals surface area (Å²) in [6.07, 6.45) is 0.134. The first kappa shape index (κ1) is 9.58. The summed E-state index contributed by atoms with van der Waals surface area (Å²) >= 11 is 0. The SMILES string of the molecule is C[C@H](CC(=O)O)Nc1ccccc1. The summed E-state index contributed by atoms with van der Waals surface area (Å²) in [6.45, 7) is 1.85. The molecule has 0 radical (unpaired) electrons. The van der Waals surface area contributed by atoms with Gasteiger partial charge >= 0.3 is 5.97 Å². The van der Waals surface area contributed by atoms with E-state index in [0.717, 1.165) is 5.69 Å². The summed E-state index contributed by atoms with van der Waals surface area (Å²) in [5.41, 5.74) is 0.955. The number of benzene rings is 1. The summed E-state index contributed by atoms with van der Waals surface area (Å²) in [5.74, 6) is -0.782. The van der Waals surface area contributed by atoms with Crippen LogP contribution < -0.4 is 5.32 Å². The van der Waals surface area contributed by atoms with Crippen LogP contribution in [0.25, 0.3) is 0 Å². The van der Waals surface area contributed by atoms with E-state index in [1.165, 1.54) is 0 Å². The van der Waals surface area contributed by atoms with Crippen LogP contribution in [0.4, 0.5) is 5.69 Å². The zero-order valence-electron chi connectivity index (χ0n) is 7.53. The molecule has 0 aromatic heterocycles. The number of carboxylic acids is 1. The first-order valence-corrected chi connectivity index (χ1v) is 4.22. The summed E-state index contributed by atoms with van der Waals surface area (Å²) in [4.78, 5) is 10.4. The van der Waals surface area contributed by atoms with Crippen molar-refractivity contribution in [1.82, 2.24) is 0 Å². The maximum absolute atomic E-state index is 10.4. The molecule has 0 fully saturated rings. The number of aliphatic carboxylic acids is 1. The molecule has 0 saturated heterocycles. The molecular formula is C10H13NO2. The minimum absolute atomic E-state index is 0.0418. The second-order valence-electron chi connectivity index (χ2n) is 3.01. The molecule has 1 rings (SSSR count). The lowest BCUT2D eigenvalue weighted by molar-refractivity contribution is -0.137. The molecule has 0 aliphatic heterocycles. The van der Waals surface area contributed by atoms with Crippen LogP contribution in [0.5, 0.6) is 0 Å². The van der Waals surface area contributed by atoms with Gasteiger partial charge in [0.2, 0.25) is 0 Å². The summed E-state index contributed by atoms with van der Waals surface area (Å²) < 4.78 is 0. The van der Waals surface area contributed by atoms with Crippen LogP contribution in [0.3, 0.4) is 0 Å². The van der Waals surface area contributed by atoms with Crippen LogP contribution in [-0.4, -0.2) is 17.1 Å². The number of para-hydroxylation sites is 1. The zero-order chi connectivity index (χ0) is 9.68. The molecule has 1 aromatic rings. The highest BCUT2D eigenvalue weighted by Crippen LogP contribution is 2.08. The molecule has 0 aliphatic carbocycles. The van der Waals surface area contributed by atoms with E-state index in [4.69, 9.17) is 5.11 Å². The van der Waals surface area contributed by atoms with Crippen LogP contribution >= 0.6 is 0 Å². The maximum atomic E-state index is 10.4. The Labute approximate surface area is 77.4 Å². The number of rotatable bonds is 4. The molecule has 0 unspecified atom stereocenters. The minimum atomic E-state index is -0.782. The van der Waals surface area contributed by atoms with Gasteiger partial charge in [-0.1, -0.05) is 18.2 Å². The number of hydrogen-bond donors (Lipinski definition) is 2. The Bertz CT molecular complexity index is 272. The van der Waals surface area contributed by atoms with Crippen LogP contribution in [0.15, 0.2) is 30.3 Å². The topological polar surface area (TPSA) is 49.3 Å². The average Bonchev–Trinajstić information content (AvgIpc) is 2.04. The van der Waals surface area contributed by atoms with E-state index in [-0.39, 0.29) is 12.5 Å². The van der Waals surface area contributed by atoms with Gasteiger partial charge in [0.15, 0.2) is 0 Å². The molecule has 0 saturated carbocycles. The number of carbonyl (C=O) groups is 1. The van der Waals surface area contributed by atoms with Crippen LogP contribution in [0.2, 0.25) is 0 Å². The summed E-state index contributed by atoms with van der Waals surface area (Å²) in [6, 6.07) is 9.54. The molecule has 0 amide bonds. The van der Waals surface area contributed by atoms with Gasteiger partial charge in [-0.15, -0.1) is 0 Å². The molecule has 0 aliphatic rings. The van der Waals surface area contributed by atoms with E-state index in [0.29, 0.717) is 0 Å². The Kier molecular flexibility index (Phi) is 3.31. The summed E-state index contributed by atoms with van der Waals surface area (Å²) in [7, 11) is 0. The Morgan fingerprint density at radius 2 is 2.08 bits per heavy atom. The predicted octanol–water partition coefficient (Wildman–Crippen LogP) is 1.96. The van der Waals surface area contributed by atoms with Gasteiger partial charge in [0.25, 0.3) is 0 Å². The lowest BCUT2D eigenvalue weighted by Gasteiger charge is -2.12. The normalized spacial score (nSPS) is 12.1. The van der Waals surface area contributed by atoms with Gasteiger partial charge in [0, 0.05) is 11.7 Å². The smallest absolute Gasteiger partial charge is 0.305 e. The third kappa shape index (κ3) is 3.60. The molecule has 0 heterocycles. The molecule has 13 heavy (non-hydrogen) atoms. The number of anilines is 1. The van der Waals surface area contributed by atoms with Crippen molar-refractivity contribution in [3.05, 3.63) is 30.3 Å². The fourth-order valence-corrected chi connectivity index (χ4v) is 1.13. The highest BCUT2D eigenvalue weighted by atomic mass is 16.4. The minimum Gasteiger partial charge on any atom is -0.481 e. The molecule has 3 nitrogen and oxygen atoms in total. The Morgan fingerprint density at radius 3 is 2.62 bits per heavy atom. The Balaban J connectivity index is 2.45. The Morgan fingerprint density at radius 1 is 1.46 bits per heavy atom. The monoisotopic (exact) mass is 179 g/mol. The first-order chi connectivity index (χ1) is 6.18. The standard InChI is InChI=1S/C10H13NO2/c1-8(7-10(12)13)11-9-5-3-2-4-6-9/h2-6,8,11H,7H2,1H3,(H,12,13)/t8-/m1/s1. The molecule has 1 atom stereocenters. The predicted molar refractivity (Wildman–Crippen MR) is 51.8 cm³/mol. The lowest BCUT2D eigenvalue weighted by Crippen LogP contribution is -2.19. The molecule has 0 bridgehead atoms. The number of hydrogen-bond acceptors (Lipinski definition) is 2. The summed E-state index contributed by atoms with van der Waals surface area (Å²) in [5, 5.41) is 11.6. The van der Waals surface area contributed by atoms with Crippen molar-refractivity contribution in [2.75, 3.05) is 5.32 Å². The van der Waals surface area contributed by atoms with Gasteiger partial charge in [-0.25, -0.2) is 0 Å². The van der Waals surface area contributed by atoms with E-state index in [2.05, 4.69) is 5.32 Å². The van der Waals surface area contributed by atoms with Gasteiger partial charge < -0.3 is 10.4 Å². The van der Waals surface area contributed by atoms with Gasteiger partial charge in [0.05, 0.1) is 6.42 Å². The average molecular weight is 179 g/mol. The molecule has 0 spiro atoms. The third-order valence-electron chi connectivity index (χ3n) is 1.67. The fourth-order valence-electron chi connectivity index (χ4n) is 1.13. The lowest BCUT2D eigenvalue weighted by atomic mass is 10.2. The van der Waals surface area contributed by atoms with Crippen molar-refractivity contribution in [3.8, 4) is 0 Å². The van der Waals surface area contributed by atoms with Crippen molar-refractivity contribution in [2.45, 2.75) is 19.4 Å². The number of carboxylic acid groups (broad SMARTS) is 1. The third-order valence-corrected chi connectivity index (χ3v) is 1.67. The fraction of sp³-hybridized carbons (Fsp3) is 0.300. The highest BCUT2D eigenvalue weighted by Gasteiger charge is 2.05. The van der Waals surface area contributed by atoms with Crippen molar-refractivity contribution < 1.29 is 9.90 Å². The van der Waals surface area contributed by atoms with Crippen molar-refractivity contribution in [1.29, 1.82) is 0 Å².